The van der Waals surface area contributed by atoms with Gasteiger partial charge in [-0.3, -0.25) is 9.59 Å². The highest BCUT2D eigenvalue weighted by Gasteiger charge is 2.33. The lowest BCUT2D eigenvalue weighted by Crippen LogP contribution is -2.36. The number of esters is 2. The quantitative estimate of drug-likeness (QED) is 0.625. The average molecular weight is 348 g/mol. The summed E-state index contributed by atoms with van der Waals surface area (Å²) >= 11 is 0. The maximum atomic E-state index is 12.1. The van der Waals surface area contributed by atoms with Crippen molar-refractivity contribution in [2.75, 3.05) is 0 Å². The first-order valence-electron chi connectivity index (χ1n) is 8.98. The van der Waals surface area contributed by atoms with E-state index < -0.39 is 11.9 Å². The highest BCUT2D eigenvalue weighted by atomic mass is 16.6. The van der Waals surface area contributed by atoms with Crippen LogP contribution in [0.1, 0.15) is 52.0 Å². The van der Waals surface area contributed by atoms with E-state index in [9.17, 15) is 14.7 Å². The molecule has 5 nitrogen and oxygen atoms in total. The van der Waals surface area contributed by atoms with Crippen LogP contribution in [-0.4, -0.2) is 23.1 Å². The van der Waals surface area contributed by atoms with E-state index in [1.807, 2.05) is 0 Å². The molecule has 1 aromatic rings. The number of phenols is 1. The van der Waals surface area contributed by atoms with Crippen molar-refractivity contribution in [1.82, 2.24) is 0 Å². The molecule has 0 spiro atoms. The van der Waals surface area contributed by atoms with Crippen molar-refractivity contribution in [2.45, 2.75) is 59.2 Å². The van der Waals surface area contributed by atoms with E-state index in [-0.39, 0.29) is 24.9 Å². The van der Waals surface area contributed by atoms with Crippen LogP contribution in [0.25, 0.3) is 0 Å². The molecule has 1 aliphatic carbocycles. The summed E-state index contributed by atoms with van der Waals surface area (Å²) in [5, 5.41) is 9.22. The van der Waals surface area contributed by atoms with Gasteiger partial charge in [0.15, 0.2) is 0 Å². The highest BCUT2D eigenvalue weighted by Crippen LogP contribution is 2.35. The minimum absolute atomic E-state index is 0.0709. The second-order valence-electron chi connectivity index (χ2n) is 7.36. The van der Waals surface area contributed by atoms with Crippen molar-refractivity contribution in [3.63, 3.8) is 0 Å². The van der Waals surface area contributed by atoms with Crippen LogP contribution >= 0.6 is 0 Å². The van der Waals surface area contributed by atoms with Crippen LogP contribution < -0.4 is 0 Å². The fraction of sp³-hybridized carbons (Fsp3) is 0.600. The SMILES string of the molecule is CC(C)[C@@H]1CC[C@@H](C)C[C@H]1OC(=O)CC(=O)OCc1ccc(O)cc1. The van der Waals surface area contributed by atoms with Crippen LogP contribution in [0.15, 0.2) is 24.3 Å². The number of phenolic OH excluding ortho intramolecular Hbond substituents is 1. The zero-order valence-corrected chi connectivity index (χ0v) is 15.2. The number of carbonyl (C=O) groups is 2. The van der Waals surface area contributed by atoms with Crippen molar-refractivity contribution < 1.29 is 24.2 Å². The summed E-state index contributed by atoms with van der Waals surface area (Å²) in [6.07, 6.45) is 2.60. The number of benzene rings is 1. The Hall–Kier alpha value is -2.04. The summed E-state index contributed by atoms with van der Waals surface area (Å²) < 4.78 is 10.7. The summed E-state index contributed by atoms with van der Waals surface area (Å²) in [4.78, 5) is 23.9. The lowest BCUT2D eigenvalue weighted by Gasteiger charge is -2.36. The largest absolute Gasteiger partial charge is 0.508 e. The van der Waals surface area contributed by atoms with Crippen LogP contribution in [0.2, 0.25) is 0 Å². The van der Waals surface area contributed by atoms with Crippen LogP contribution in [0.3, 0.4) is 0 Å². The maximum absolute atomic E-state index is 12.1. The van der Waals surface area contributed by atoms with Gasteiger partial charge in [0.1, 0.15) is 24.9 Å². The molecule has 0 unspecified atom stereocenters. The van der Waals surface area contributed by atoms with Crippen molar-refractivity contribution >= 4 is 11.9 Å². The van der Waals surface area contributed by atoms with Crippen molar-refractivity contribution in [3.05, 3.63) is 29.8 Å². The van der Waals surface area contributed by atoms with Gasteiger partial charge < -0.3 is 14.6 Å². The fourth-order valence-corrected chi connectivity index (χ4v) is 3.39. The van der Waals surface area contributed by atoms with Gasteiger partial charge in [0.05, 0.1) is 0 Å². The lowest BCUT2D eigenvalue weighted by molar-refractivity contribution is -0.162. The molecule has 1 N–H and O–H groups in total. The van der Waals surface area contributed by atoms with Gasteiger partial charge in [-0.25, -0.2) is 0 Å². The van der Waals surface area contributed by atoms with E-state index >= 15 is 0 Å². The second-order valence-corrected chi connectivity index (χ2v) is 7.36. The Balaban J connectivity index is 1.79. The van der Waals surface area contributed by atoms with E-state index in [1.165, 1.54) is 12.1 Å². The van der Waals surface area contributed by atoms with Crippen molar-refractivity contribution in [3.8, 4) is 5.75 Å². The van der Waals surface area contributed by atoms with Crippen LogP contribution in [0.4, 0.5) is 0 Å². The second kappa shape index (κ2) is 8.88. The Labute approximate surface area is 149 Å². The van der Waals surface area contributed by atoms with Gasteiger partial charge >= 0.3 is 11.9 Å². The molecule has 0 amide bonds. The minimum Gasteiger partial charge on any atom is -0.508 e. The molecule has 1 aliphatic rings. The lowest BCUT2D eigenvalue weighted by atomic mass is 9.75. The molecule has 0 heterocycles. The Morgan fingerprint density at radius 2 is 1.84 bits per heavy atom. The third-order valence-corrected chi connectivity index (χ3v) is 4.87. The molecule has 3 atom stereocenters. The molecule has 1 fully saturated rings. The number of aromatic hydroxyl groups is 1. The third-order valence-electron chi connectivity index (χ3n) is 4.87. The van der Waals surface area contributed by atoms with Gasteiger partial charge in [-0.05, 0) is 48.3 Å². The van der Waals surface area contributed by atoms with Crippen LogP contribution in [0.5, 0.6) is 5.75 Å². The zero-order chi connectivity index (χ0) is 18.4. The van der Waals surface area contributed by atoms with E-state index in [1.54, 1.807) is 12.1 Å². The summed E-state index contributed by atoms with van der Waals surface area (Å²) in [6, 6.07) is 6.37. The van der Waals surface area contributed by atoms with E-state index in [0.29, 0.717) is 17.8 Å². The zero-order valence-electron chi connectivity index (χ0n) is 15.2. The molecule has 1 saturated carbocycles. The molecule has 138 valence electrons. The Kier molecular flexibility index (Phi) is 6.85. The molecule has 0 aromatic heterocycles. The normalized spacial score (nSPS) is 23.3. The molecule has 1 aromatic carbocycles. The third kappa shape index (κ3) is 6.07. The van der Waals surface area contributed by atoms with Gasteiger partial charge in [-0.2, -0.15) is 0 Å². The summed E-state index contributed by atoms with van der Waals surface area (Å²) in [6.45, 7) is 6.53. The number of carbonyl (C=O) groups excluding carboxylic acids is 2. The standard InChI is InChI=1S/C20H28O5/c1-13(2)17-9-4-14(3)10-18(17)25-20(23)11-19(22)24-12-15-5-7-16(21)8-6-15/h5-8,13-14,17-18,21H,4,9-12H2,1-3H3/t14-,17+,18-/m1/s1. The predicted molar refractivity (Wildman–Crippen MR) is 93.7 cm³/mol. The van der Waals surface area contributed by atoms with Gasteiger partial charge in [0.25, 0.3) is 0 Å². The van der Waals surface area contributed by atoms with E-state index in [2.05, 4.69) is 20.8 Å². The topological polar surface area (TPSA) is 72.8 Å². The number of hydrogen-bond acceptors (Lipinski definition) is 5. The first-order chi connectivity index (χ1) is 11.8. The number of hydrogen-bond donors (Lipinski definition) is 1. The maximum Gasteiger partial charge on any atom is 0.317 e. The van der Waals surface area contributed by atoms with Crippen LogP contribution in [0, 0.1) is 17.8 Å². The van der Waals surface area contributed by atoms with E-state index in [4.69, 9.17) is 9.47 Å². The van der Waals surface area contributed by atoms with Gasteiger partial charge in [0.2, 0.25) is 0 Å². The van der Waals surface area contributed by atoms with Gasteiger partial charge in [0, 0.05) is 0 Å². The predicted octanol–water partition coefficient (Wildman–Crippen LogP) is 3.83. The first kappa shape index (κ1) is 19.3. The van der Waals surface area contributed by atoms with Crippen molar-refractivity contribution in [1.29, 1.82) is 0 Å². The van der Waals surface area contributed by atoms with Crippen LogP contribution in [-0.2, 0) is 25.7 Å². The van der Waals surface area contributed by atoms with Gasteiger partial charge in [-0.15, -0.1) is 0 Å². The Morgan fingerprint density at radius 3 is 2.48 bits per heavy atom. The fourth-order valence-electron chi connectivity index (χ4n) is 3.39. The smallest absolute Gasteiger partial charge is 0.317 e. The van der Waals surface area contributed by atoms with Gasteiger partial charge in [-0.1, -0.05) is 39.3 Å². The molecule has 0 radical (unpaired) electrons. The molecular formula is C20H28O5. The molecule has 2 rings (SSSR count). The minimum atomic E-state index is -0.594. The molecule has 0 saturated heterocycles. The average Bonchev–Trinajstić information content (AvgIpc) is 2.54. The number of rotatable bonds is 6. The Morgan fingerprint density at radius 1 is 1.16 bits per heavy atom. The molecule has 25 heavy (non-hydrogen) atoms. The summed E-state index contributed by atoms with van der Waals surface area (Å²) in [7, 11) is 0. The summed E-state index contributed by atoms with van der Waals surface area (Å²) in [5.74, 6) is 0.387. The highest BCUT2D eigenvalue weighted by molar-refractivity contribution is 5.91. The first-order valence-corrected chi connectivity index (χ1v) is 8.98. The van der Waals surface area contributed by atoms with E-state index in [0.717, 1.165) is 24.8 Å². The molecular weight excluding hydrogens is 320 g/mol. The Bertz CT molecular complexity index is 578. The molecule has 5 heteroatoms. The molecule has 0 bridgehead atoms. The number of ether oxygens (including phenoxy) is 2. The molecule has 0 aliphatic heterocycles. The van der Waals surface area contributed by atoms with Crippen molar-refractivity contribution in [2.24, 2.45) is 17.8 Å². The summed E-state index contributed by atoms with van der Waals surface area (Å²) in [5.41, 5.74) is 0.750. The monoisotopic (exact) mass is 348 g/mol.